The normalized spacial score (nSPS) is 17.8. The van der Waals surface area contributed by atoms with Crippen molar-refractivity contribution in [3.05, 3.63) is 54.1 Å². The topological polar surface area (TPSA) is 58.7 Å². The Morgan fingerprint density at radius 1 is 1.26 bits per heavy atom. The van der Waals surface area contributed by atoms with Gasteiger partial charge in [0.1, 0.15) is 0 Å². The van der Waals surface area contributed by atoms with E-state index in [1.807, 2.05) is 42.5 Å². The zero-order valence-corrected chi connectivity index (χ0v) is 11.1. The fourth-order valence-electron chi connectivity index (χ4n) is 1.71. The van der Waals surface area contributed by atoms with Crippen LogP contribution in [0, 0.1) is 5.92 Å². The average Bonchev–Trinajstić information content (AvgIpc) is 2.67. The van der Waals surface area contributed by atoms with Crippen LogP contribution in [0.3, 0.4) is 0 Å². The molecular formula is C15H17N3O. The monoisotopic (exact) mass is 255 g/mol. The fraction of sp³-hybridized carbons (Fsp3) is 0.200. The molecule has 1 aromatic carbocycles. The molecule has 0 bridgehead atoms. The van der Waals surface area contributed by atoms with Gasteiger partial charge in [-0.15, -0.1) is 5.10 Å². The molecule has 2 N–H and O–H groups in total. The Bertz CT molecular complexity index is 556. The van der Waals surface area contributed by atoms with Crippen molar-refractivity contribution in [2.75, 3.05) is 5.01 Å². The second kappa shape index (κ2) is 5.52. The third kappa shape index (κ3) is 2.91. The quantitative estimate of drug-likeness (QED) is 0.843. The second-order valence-electron chi connectivity index (χ2n) is 4.65. The van der Waals surface area contributed by atoms with Crippen LogP contribution in [0.15, 0.2) is 59.2 Å². The van der Waals surface area contributed by atoms with E-state index in [2.05, 4.69) is 18.9 Å². The molecule has 0 aromatic heterocycles. The van der Waals surface area contributed by atoms with Gasteiger partial charge in [0, 0.05) is 0 Å². The first-order chi connectivity index (χ1) is 9.09. The predicted molar refractivity (Wildman–Crippen MR) is 77.6 cm³/mol. The van der Waals surface area contributed by atoms with Gasteiger partial charge in [0.2, 0.25) is 0 Å². The third-order valence-electron chi connectivity index (χ3n) is 2.67. The maximum absolute atomic E-state index is 12.2. The first-order valence-electron chi connectivity index (χ1n) is 6.22. The summed E-state index contributed by atoms with van der Waals surface area (Å²) in [6, 6.07) is 9.24. The molecule has 98 valence electrons. The third-order valence-corrected chi connectivity index (χ3v) is 2.67. The number of amidine groups is 1. The lowest BCUT2D eigenvalue weighted by atomic mass is 10.1. The lowest BCUT2D eigenvalue weighted by Crippen LogP contribution is -2.22. The molecule has 1 aromatic rings. The van der Waals surface area contributed by atoms with Crippen molar-refractivity contribution in [1.29, 1.82) is 0 Å². The number of benzene rings is 1. The maximum atomic E-state index is 12.2. The number of para-hydroxylation sites is 1. The Balaban J connectivity index is 2.24. The zero-order chi connectivity index (χ0) is 13.8. The molecule has 1 aliphatic heterocycles. The molecule has 19 heavy (non-hydrogen) atoms. The number of carbonyl (C=O) groups excluding carboxylic acids is 1. The van der Waals surface area contributed by atoms with Gasteiger partial charge in [0.25, 0.3) is 5.91 Å². The van der Waals surface area contributed by atoms with Crippen LogP contribution in [0.4, 0.5) is 5.69 Å². The summed E-state index contributed by atoms with van der Waals surface area (Å²) < 4.78 is 0. The highest BCUT2D eigenvalue weighted by molar-refractivity contribution is 6.29. The first kappa shape index (κ1) is 13.1. The highest BCUT2D eigenvalue weighted by atomic mass is 16.2. The van der Waals surface area contributed by atoms with Crippen LogP contribution >= 0.6 is 0 Å². The van der Waals surface area contributed by atoms with E-state index in [1.54, 1.807) is 6.08 Å². The van der Waals surface area contributed by atoms with Crippen molar-refractivity contribution in [1.82, 2.24) is 0 Å². The van der Waals surface area contributed by atoms with Gasteiger partial charge in [0.05, 0.1) is 11.3 Å². The summed E-state index contributed by atoms with van der Waals surface area (Å²) in [5, 5.41) is 5.42. The van der Waals surface area contributed by atoms with E-state index in [4.69, 9.17) is 5.73 Å². The number of carbonyl (C=O) groups is 1. The number of nitrogens with zero attached hydrogens (tertiary/aromatic N) is 2. The first-order valence-corrected chi connectivity index (χ1v) is 6.22. The Hall–Kier alpha value is -2.36. The molecule has 1 heterocycles. The van der Waals surface area contributed by atoms with Crippen LogP contribution in [-0.2, 0) is 4.79 Å². The number of hydrazone groups is 1. The smallest absolute Gasteiger partial charge is 0.282 e. The van der Waals surface area contributed by atoms with Crippen LogP contribution in [0.2, 0.25) is 0 Å². The predicted octanol–water partition coefficient (Wildman–Crippen LogP) is 2.44. The van der Waals surface area contributed by atoms with E-state index in [0.29, 0.717) is 17.2 Å². The average molecular weight is 255 g/mol. The van der Waals surface area contributed by atoms with Crippen LogP contribution in [0.25, 0.3) is 0 Å². The Labute approximate surface area is 112 Å². The van der Waals surface area contributed by atoms with E-state index in [9.17, 15) is 4.79 Å². The number of anilines is 1. The summed E-state index contributed by atoms with van der Waals surface area (Å²) in [5.74, 6) is 0.483. The van der Waals surface area contributed by atoms with Gasteiger partial charge >= 0.3 is 0 Å². The molecule has 0 radical (unpaired) electrons. The van der Waals surface area contributed by atoms with E-state index in [0.717, 1.165) is 0 Å². The SMILES string of the molecule is CC(C)/C=C/C=C1/C(=O)N(c2ccccc2)N=C1N. The lowest BCUT2D eigenvalue weighted by Gasteiger charge is -2.10. The van der Waals surface area contributed by atoms with Crippen molar-refractivity contribution < 1.29 is 4.79 Å². The molecule has 0 unspecified atom stereocenters. The number of hydrogen-bond donors (Lipinski definition) is 1. The van der Waals surface area contributed by atoms with Gasteiger partial charge in [-0.2, -0.15) is 5.01 Å². The Morgan fingerprint density at radius 3 is 2.58 bits per heavy atom. The summed E-state index contributed by atoms with van der Waals surface area (Å²) in [6.07, 6.45) is 5.55. The number of rotatable bonds is 3. The Morgan fingerprint density at radius 2 is 1.95 bits per heavy atom. The summed E-state index contributed by atoms with van der Waals surface area (Å²) in [6.45, 7) is 4.14. The summed E-state index contributed by atoms with van der Waals surface area (Å²) >= 11 is 0. The summed E-state index contributed by atoms with van der Waals surface area (Å²) in [5.41, 5.74) is 6.95. The molecule has 1 amide bonds. The maximum Gasteiger partial charge on any atom is 0.282 e. The lowest BCUT2D eigenvalue weighted by molar-refractivity contribution is -0.114. The number of amides is 1. The standard InChI is InChI=1S/C15H17N3O/c1-11(2)7-6-10-13-14(16)17-18(15(13)19)12-8-4-3-5-9-12/h3-11H,1-2H3,(H2,16,17)/b7-6+,13-10+. The zero-order valence-electron chi connectivity index (χ0n) is 11.1. The molecule has 0 saturated carbocycles. The van der Waals surface area contributed by atoms with Gasteiger partial charge in [-0.25, -0.2) is 0 Å². The van der Waals surface area contributed by atoms with Gasteiger partial charge in [0.15, 0.2) is 5.84 Å². The van der Waals surface area contributed by atoms with Crippen LogP contribution in [0.1, 0.15) is 13.8 Å². The molecule has 0 aliphatic carbocycles. The molecule has 4 heteroatoms. The summed E-state index contributed by atoms with van der Waals surface area (Å²) in [7, 11) is 0. The minimum absolute atomic E-state index is 0.197. The van der Waals surface area contributed by atoms with E-state index in [-0.39, 0.29) is 11.7 Å². The molecule has 1 aliphatic rings. The van der Waals surface area contributed by atoms with Gasteiger partial charge in [-0.1, -0.05) is 44.2 Å². The Kier molecular flexibility index (Phi) is 3.80. The molecule has 0 fully saturated rings. The fourth-order valence-corrected chi connectivity index (χ4v) is 1.71. The molecule has 0 spiro atoms. The molecule has 4 nitrogen and oxygen atoms in total. The van der Waals surface area contributed by atoms with Crippen molar-refractivity contribution in [2.45, 2.75) is 13.8 Å². The van der Waals surface area contributed by atoms with Crippen LogP contribution < -0.4 is 10.7 Å². The van der Waals surface area contributed by atoms with Gasteiger partial charge < -0.3 is 5.73 Å². The van der Waals surface area contributed by atoms with Crippen LogP contribution in [0.5, 0.6) is 0 Å². The van der Waals surface area contributed by atoms with Gasteiger partial charge in [-0.3, -0.25) is 4.79 Å². The van der Waals surface area contributed by atoms with Gasteiger partial charge in [-0.05, 0) is 24.1 Å². The largest absolute Gasteiger partial charge is 0.382 e. The van der Waals surface area contributed by atoms with Crippen molar-refractivity contribution in [2.24, 2.45) is 16.8 Å². The molecule has 0 saturated heterocycles. The van der Waals surface area contributed by atoms with Crippen molar-refractivity contribution >= 4 is 17.4 Å². The minimum Gasteiger partial charge on any atom is -0.382 e. The summed E-state index contributed by atoms with van der Waals surface area (Å²) in [4.78, 5) is 12.2. The van der Waals surface area contributed by atoms with E-state index >= 15 is 0 Å². The molecular weight excluding hydrogens is 238 g/mol. The minimum atomic E-state index is -0.197. The van der Waals surface area contributed by atoms with E-state index < -0.39 is 0 Å². The van der Waals surface area contributed by atoms with Crippen molar-refractivity contribution in [3.63, 3.8) is 0 Å². The number of hydrogen-bond acceptors (Lipinski definition) is 3. The van der Waals surface area contributed by atoms with Crippen LogP contribution in [-0.4, -0.2) is 11.7 Å². The highest BCUT2D eigenvalue weighted by Crippen LogP contribution is 2.21. The molecule has 2 rings (SSSR count). The second-order valence-corrected chi connectivity index (χ2v) is 4.65. The van der Waals surface area contributed by atoms with Crippen molar-refractivity contribution in [3.8, 4) is 0 Å². The number of nitrogens with two attached hydrogens (primary N) is 1. The van der Waals surface area contributed by atoms with E-state index in [1.165, 1.54) is 5.01 Å². The number of allylic oxidation sites excluding steroid dienone is 3. The highest BCUT2D eigenvalue weighted by Gasteiger charge is 2.28. The molecule has 0 atom stereocenters.